The summed E-state index contributed by atoms with van der Waals surface area (Å²) in [6, 6.07) is 96.7. The summed E-state index contributed by atoms with van der Waals surface area (Å²) < 4.78 is 6.51. The summed E-state index contributed by atoms with van der Waals surface area (Å²) in [6.45, 7) is 0. The quantitative estimate of drug-likeness (QED) is 0.171. The van der Waals surface area contributed by atoms with Crippen molar-refractivity contribution in [2.75, 3.05) is 4.90 Å². The second-order valence-corrected chi connectivity index (χ2v) is 19.0. The van der Waals surface area contributed by atoms with Crippen LogP contribution in [-0.4, -0.2) is 0 Å². The van der Waals surface area contributed by atoms with Crippen LogP contribution in [0, 0.1) is 0 Å². The van der Waals surface area contributed by atoms with Crippen LogP contribution >= 0.6 is 0 Å². The topological polar surface area (TPSA) is 16.4 Å². The van der Waals surface area contributed by atoms with E-state index in [4.69, 9.17) is 4.42 Å². The molecule has 2 spiro atoms. The van der Waals surface area contributed by atoms with E-state index in [9.17, 15) is 0 Å². The molecule has 15 rings (SSSR count). The van der Waals surface area contributed by atoms with Crippen molar-refractivity contribution in [2.45, 2.75) is 10.8 Å². The molecule has 70 heavy (non-hydrogen) atoms. The molecular weight excluding hydrogens is 847 g/mol. The van der Waals surface area contributed by atoms with Crippen LogP contribution in [0.25, 0.3) is 66.4 Å². The molecule has 0 aliphatic heterocycles. The van der Waals surface area contributed by atoms with Gasteiger partial charge in [0.2, 0.25) is 0 Å². The van der Waals surface area contributed by atoms with Crippen molar-refractivity contribution in [3.8, 4) is 44.5 Å². The maximum absolute atomic E-state index is 6.51. The van der Waals surface area contributed by atoms with Crippen molar-refractivity contribution >= 4 is 39.0 Å². The molecule has 326 valence electrons. The van der Waals surface area contributed by atoms with Gasteiger partial charge in [-0.05, 0) is 126 Å². The minimum atomic E-state index is -0.559. The van der Waals surface area contributed by atoms with Gasteiger partial charge in [-0.1, -0.05) is 218 Å². The zero-order chi connectivity index (χ0) is 46.0. The second kappa shape index (κ2) is 14.8. The minimum Gasteiger partial charge on any atom is -0.455 e. The molecule has 3 aliphatic carbocycles. The van der Waals surface area contributed by atoms with Crippen molar-refractivity contribution in [3.63, 3.8) is 0 Å². The van der Waals surface area contributed by atoms with E-state index in [0.717, 1.165) is 50.1 Å². The number of nitrogens with zero attached hydrogens (tertiary/aromatic N) is 1. The van der Waals surface area contributed by atoms with Crippen LogP contribution in [0.1, 0.15) is 44.5 Å². The molecule has 1 heterocycles. The third-order valence-corrected chi connectivity index (χ3v) is 15.8. The molecule has 0 saturated heterocycles. The summed E-state index contributed by atoms with van der Waals surface area (Å²) in [6.07, 6.45) is 0. The monoisotopic (exact) mass is 889 g/mol. The molecule has 0 fully saturated rings. The smallest absolute Gasteiger partial charge is 0.143 e. The molecule has 3 aliphatic rings. The van der Waals surface area contributed by atoms with Gasteiger partial charge >= 0.3 is 0 Å². The Morgan fingerprint density at radius 2 is 0.657 bits per heavy atom. The summed E-state index contributed by atoms with van der Waals surface area (Å²) in [5.74, 6) is 0. The van der Waals surface area contributed by atoms with Gasteiger partial charge in [0.25, 0.3) is 0 Å². The maximum Gasteiger partial charge on any atom is 0.143 e. The van der Waals surface area contributed by atoms with E-state index in [1.807, 2.05) is 6.07 Å². The summed E-state index contributed by atoms with van der Waals surface area (Å²) in [5, 5.41) is 2.26. The predicted molar refractivity (Wildman–Crippen MR) is 287 cm³/mol. The van der Waals surface area contributed by atoms with Crippen LogP contribution in [-0.2, 0) is 10.8 Å². The Hall–Kier alpha value is -8.98. The Bertz CT molecular complexity index is 3970. The van der Waals surface area contributed by atoms with Gasteiger partial charge in [-0.25, -0.2) is 0 Å². The Balaban J connectivity index is 0.934. The summed E-state index contributed by atoms with van der Waals surface area (Å²) in [7, 11) is 0. The zero-order valence-corrected chi connectivity index (χ0v) is 38.2. The number of para-hydroxylation sites is 2. The van der Waals surface area contributed by atoms with E-state index in [0.29, 0.717) is 0 Å². The molecule has 1 aromatic heterocycles. The lowest BCUT2D eigenvalue weighted by molar-refractivity contribution is 0.633. The molecule has 2 heteroatoms. The summed E-state index contributed by atoms with van der Waals surface area (Å²) in [5.41, 5.74) is 24.4. The average Bonchev–Trinajstić information content (AvgIpc) is 4.06. The first-order chi connectivity index (χ1) is 34.7. The maximum atomic E-state index is 6.51. The number of fused-ring (bicyclic) bond motifs is 19. The van der Waals surface area contributed by atoms with Gasteiger partial charge in [0.15, 0.2) is 0 Å². The van der Waals surface area contributed by atoms with Gasteiger partial charge in [-0.15, -0.1) is 0 Å². The highest BCUT2D eigenvalue weighted by molar-refractivity contribution is 6.09. The van der Waals surface area contributed by atoms with Gasteiger partial charge in [0.05, 0.1) is 10.8 Å². The fraction of sp³-hybridized carbons (Fsp3) is 0.0294. The Kier molecular flexibility index (Phi) is 8.24. The highest BCUT2D eigenvalue weighted by atomic mass is 16.3. The molecule has 0 N–H and O–H groups in total. The molecule has 11 aromatic carbocycles. The highest BCUT2D eigenvalue weighted by Crippen LogP contribution is 2.67. The Morgan fingerprint density at radius 3 is 1.23 bits per heavy atom. The van der Waals surface area contributed by atoms with Crippen LogP contribution < -0.4 is 4.90 Å². The van der Waals surface area contributed by atoms with Crippen molar-refractivity contribution in [2.24, 2.45) is 0 Å². The molecular formula is C68H43NO. The van der Waals surface area contributed by atoms with E-state index in [-0.39, 0.29) is 0 Å². The Morgan fingerprint density at radius 1 is 0.257 bits per heavy atom. The third kappa shape index (κ3) is 5.17. The minimum absolute atomic E-state index is 0.478. The first-order valence-electron chi connectivity index (χ1n) is 24.3. The highest BCUT2D eigenvalue weighted by Gasteiger charge is 2.58. The molecule has 0 unspecified atom stereocenters. The van der Waals surface area contributed by atoms with Gasteiger partial charge in [0, 0.05) is 33.4 Å². The standard InChI is InChI=1S/C68H43NO/c1-2-17-44(18-3-1)45-33-37-47(38-34-45)69(48-39-35-46(36-40-48)50-23-16-24-55-54-22-7-15-32-65(54)70-66(50)55)49-41-42-60-56(43-49)53-21-6-10-27-59(53)68(60)63-30-13-11-28-61(63)67(62-29-12-14-31-64(62)68)57-25-8-4-19-51(57)52-20-5-9-26-58(52)67/h1-43H. The van der Waals surface area contributed by atoms with E-state index >= 15 is 0 Å². The second-order valence-electron chi connectivity index (χ2n) is 19.0. The van der Waals surface area contributed by atoms with E-state index in [2.05, 4.69) is 260 Å². The van der Waals surface area contributed by atoms with Crippen molar-refractivity contribution in [3.05, 3.63) is 305 Å². The number of furan rings is 1. The summed E-state index contributed by atoms with van der Waals surface area (Å²) in [4.78, 5) is 2.42. The number of rotatable bonds is 5. The van der Waals surface area contributed by atoms with Crippen LogP contribution in [0.3, 0.4) is 0 Å². The molecule has 0 saturated carbocycles. The zero-order valence-electron chi connectivity index (χ0n) is 38.2. The van der Waals surface area contributed by atoms with Crippen LogP contribution in [0.15, 0.2) is 265 Å². The van der Waals surface area contributed by atoms with E-state index in [1.54, 1.807) is 0 Å². The molecule has 0 atom stereocenters. The number of hydrogen-bond acceptors (Lipinski definition) is 2. The first-order valence-corrected chi connectivity index (χ1v) is 24.3. The number of hydrogen-bond donors (Lipinski definition) is 0. The summed E-state index contributed by atoms with van der Waals surface area (Å²) >= 11 is 0. The van der Waals surface area contributed by atoms with Gasteiger partial charge < -0.3 is 9.32 Å². The van der Waals surface area contributed by atoms with E-state index in [1.165, 1.54) is 77.9 Å². The first kappa shape index (κ1) is 39.1. The van der Waals surface area contributed by atoms with Gasteiger partial charge in [0.1, 0.15) is 11.2 Å². The van der Waals surface area contributed by atoms with Gasteiger partial charge in [-0.2, -0.15) is 0 Å². The lowest BCUT2D eigenvalue weighted by Gasteiger charge is -2.48. The normalized spacial score (nSPS) is 13.9. The molecule has 0 bridgehead atoms. The van der Waals surface area contributed by atoms with Crippen molar-refractivity contribution < 1.29 is 4.42 Å². The Labute approximate surface area is 407 Å². The predicted octanol–water partition coefficient (Wildman–Crippen LogP) is 17.4. The lowest BCUT2D eigenvalue weighted by Crippen LogP contribution is -2.43. The van der Waals surface area contributed by atoms with Crippen LogP contribution in [0.4, 0.5) is 17.1 Å². The lowest BCUT2D eigenvalue weighted by atomic mass is 9.52. The molecule has 12 aromatic rings. The van der Waals surface area contributed by atoms with E-state index < -0.39 is 10.8 Å². The van der Waals surface area contributed by atoms with Crippen LogP contribution in [0.2, 0.25) is 0 Å². The molecule has 0 radical (unpaired) electrons. The fourth-order valence-electron chi connectivity index (χ4n) is 13.0. The average molecular weight is 890 g/mol. The third-order valence-electron chi connectivity index (χ3n) is 15.8. The fourth-order valence-corrected chi connectivity index (χ4v) is 13.0. The number of anilines is 3. The van der Waals surface area contributed by atoms with Crippen molar-refractivity contribution in [1.29, 1.82) is 0 Å². The van der Waals surface area contributed by atoms with Gasteiger partial charge in [-0.3, -0.25) is 0 Å². The molecule has 2 nitrogen and oxygen atoms in total. The largest absolute Gasteiger partial charge is 0.455 e. The SMILES string of the molecule is c1ccc(-c2ccc(N(c3ccc(-c4cccc5c4oc4ccccc45)cc3)c3ccc4c(c3)-c3ccccc3C43c4ccccc4C4(c5ccccc5-c5ccccc54)c4ccccc43)cc2)cc1. The van der Waals surface area contributed by atoms with Crippen LogP contribution in [0.5, 0.6) is 0 Å². The number of benzene rings is 11. The molecule has 0 amide bonds. The van der Waals surface area contributed by atoms with Crippen molar-refractivity contribution in [1.82, 2.24) is 0 Å².